The first-order chi connectivity index (χ1) is 6.76. The van der Waals surface area contributed by atoms with Crippen molar-refractivity contribution in [2.75, 3.05) is 0 Å². The summed E-state index contributed by atoms with van der Waals surface area (Å²) < 4.78 is 0. The van der Waals surface area contributed by atoms with E-state index in [2.05, 4.69) is 4.98 Å². The molecular formula is C11H11NO2. The topological polar surface area (TPSA) is 50.2 Å². The summed E-state index contributed by atoms with van der Waals surface area (Å²) in [5.74, 6) is -0.756. The van der Waals surface area contributed by atoms with Gasteiger partial charge in [-0.2, -0.15) is 0 Å². The van der Waals surface area contributed by atoms with Gasteiger partial charge in [0.05, 0.1) is 5.41 Å². The van der Waals surface area contributed by atoms with Crippen LogP contribution in [0.1, 0.15) is 18.4 Å². The lowest BCUT2D eigenvalue weighted by atomic mass is 9.79. The Morgan fingerprint density at radius 1 is 1.29 bits per heavy atom. The van der Waals surface area contributed by atoms with Crippen LogP contribution < -0.4 is 0 Å². The lowest BCUT2D eigenvalue weighted by molar-refractivity contribution is -0.143. The number of pyridine rings is 1. The first-order valence-electron chi connectivity index (χ1n) is 4.55. The van der Waals surface area contributed by atoms with Crippen molar-refractivity contribution in [3.05, 3.63) is 42.2 Å². The molecule has 0 bridgehead atoms. The molecule has 2 rings (SSSR count). The minimum atomic E-state index is -0.756. The molecule has 0 saturated carbocycles. The van der Waals surface area contributed by atoms with E-state index in [1.165, 1.54) is 0 Å². The highest BCUT2D eigenvalue weighted by atomic mass is 16.4. The van der Waals surface area contributed by atoms with Gasteiger partial charge >= 0.3 is 5.97 Å². The van der Waals surface area contributed by atoms with E-state index in [-0.39, 0.29) is 0 Å². The van der Waals surface area contributed by atoms with Gasteiger partial charge in [-0.05, 0) is 30.5 Å². The van der Waals surface area contributed by atoms with E-state index in [0.29, 0.717) is 12.8 Å². The smallest absolute Gasteiger partial charge is 0.314 e. The molecule has 0 aliphatic heterocycles. The molecule has 1 aromatic rings. The lowest BCUT2D eigenvalue weighted by Gasteiger charge is -2.23. The molecule has 1 N–H and O–H groups in total. The normalized spacial score (nSPS) is 18.3. The number of hydrogen-bond acceptors (Lipinski definition) is 2. The molecule has 1 aliphatic rings. The quantitative estimate of drug-likeness (QED) is 0.721. The number of aromatic nitrogens is 1. The van der Waals surface area contributed by atoms with Crippen molar-refractivity contribution in [2.45, 2.75) is 18.3 Å². The van der Waals surface area contributed by atoms with E-state index < -0.39 is 11.4 Å². The fourth-order valence-electron chi connectivity index (χ4n) is 1.86. The third-order valence-electron chi connectivity index (χ3n) is 2.74. The van der Waals surface area contributed by atoms with Crippen LogP contribution in [-0.4, -0.2) is 16.1 Å². The second kappa shape index (κ2) is 3.25. The van der Waals surface area contributed by atoms with E-state index in [1.807, 2.05) is 12.2 Å². The van der Waals surface area contributed by atoms with Crippen LogP contribution in [0.4, 0.5) is 0 Å². The Kier molecular flexibility index (Phi) is 2.08. The Hall–Kier alpha value is -1.64. The zero-order valence-electron chi connectivity index (χ0n) is 7.68. The van der Waals surface area contributed by atoms with Gasteiger partial charge in [0.15, 0.2) is 0 Å². The van der Waals surface area contributed by atoms with Gasteiger partial charge in [0.25, 0.3) is 0 Å². The molecule has 1 heterocycles. The van der Waals surface area contributed by atoms with Crippen LogP contribution in [-0.2, 0) is 10.2 Å². The number of aliphatic carboxylic acids is 1. The van der Waals surface area contributed by atoms with Crippen molar-refractivity contribution < 1.29 is 9.90 Å². The third kappa shape index (κ3) is 1.21. The maximum absolute atomic E-state index is 11.3. The summed E-state index contributed by atoms with van der Waals surface area (Å²) in [4.78, 5) is 15.2. The largest absolute Gasteiger partial charge is 0.481 e. The van der Waals surface area contributed by atoms with Crippen molar-refractivity contribution in [1.82, 2.24) is 4.98 Å². The Balaban J connectivity index is 2.43. The van der Waals surface area contributed by atoms with E-state index in [4.69, 9.17) is 0 Å². The van der Waals surface area contributed by atoms with Gasteiger partial charge < -0.3 is 5.11 Å². The maximum atomic E-state index is 11.3. The Labute approximate surface area is 82.1 Å². The summed E-state index contributed by atoms with van der Waals surface area (Å²) in [6.07, 6.45) is 8.28. The molecule has 0 spiro atoms. The van der Waals surface area contributed by atoms with Gasteiger partial charge in [0.2, 0.25) is 0 Å². The summed E-state index contributed by atoms with van der Waals surface area (Å²) in [5, 5.41) is 9.26. The molecule has 0 atom stereocenters. The van der Waals surface area contributed by atoms with Crippen molar-refractivity contribution in [3.63, 3.8) is 0 Å². The zero-order valence-corrected chi connectivity index (χ0v) is 7.68. The average molecular weight is 189 g/mol. The van der Waals surface area contributed by atoms with Gasteiger partial charge in [-0.1, -0.05) is 12.2 Å². The molecule has 14 heavy (non-hydrogen) atoms. The molecule has 0 unspecified atom stereocenters. The molecule has 3 nitrogen and oxygen atoms in total. The monoisotopic (exact) mass is 189 g/mol. The Morgan fingerprint density at radius 3 is 2.36 bits per heavy atom. The first kappa shape index (κ1) is 8.94. The van der Waals surface area contributed by atoms with Crippen molar-refractivity contribution in [2.24, 2.45) is 0 Å². The van der Waals surface area contributed by atoms with E-state index in [9.17, 15) is 9.90 Å². The molecule has 3 heteroatoms. The van der Waals surface area contributed by atoms with Crippen LogP contribution in [0.15, 0.2) is 36.7 Å². The second-order valence-electron chi connectivity index (χ2n) is 3.50. The molecule has 1 aliphatic carbocycles. The van der Waals surface area contributed by atoms with Crippen molar-refractivity contribution >= 4 is 5.97 Å². The Morgan fingerprint density at radius 2 is 1.86 bits per heavy atom. The average Bonchev–Trinajstić information content (AvgIpc) is 2.69. The van der Waals surface area contributed by atoms with Crippen LogP contribution in [0.5, 0.6) is 0 Å². The highest BCUT2D eigenvalue weighted by Crippen LogP contribution is 2.36. The highest BCUT2D eigenvalue weighted by Gasteiger charge is 2.40. The van der Waals surface area contributed by atoms with Gasteiger partial charge in [0, 0.05) is 12.4 Å². The van der Waals surface area contributed by atoms with Crippen LogP contribution in [0.3, 0.4) is 0 Å². The summed E-state index contributed by atoms with van der Waals surface area (Å²) in [6, 6.07) is 3.56. The Bertz CT molecular complexity index is 362. The van der Waals surface area contributed by atoms with Crippen molar-refractivity contribution in [3.8, 4) is 0 Å². The summed E-state index contributed by atoms with van der Waals surface area (Å²) in [5.41, 5.74) is 0.0909. The molecule has 0 radical (unpaired) electrons. The van der Waals surface area contributed by atoms with Crippen LogP contribution >= 0.6 is 0 Å². The summed E-state index contributed by atoms with van der Waals surface area (Å²) >= 11 is 0. The second-order valence-corrected chi connectivity index (χ2v) is 3.50. The standard InChI is InChI=1S/C11H11NO2/c13-10(14)11(5-1-2-6-11)9-3-7-12-8-4-9/h1-4,7-8H,5-6H2,(H,13,14). The van der Waals surface area contributed by atoms with E-state index in [0.717, 1.165) is 5.56 Å². The van der Waals surface area contributed by atoms with Gasteiger partial charge in [-0.3, -0.25) is 9.78 Å². The molecule has 1 aromatic heterocycles. The highest BCUT2D eigenvalue weighted by molar-refractivity contribution is 5.82. The lowest BCUT2D eigenvalue weighted by Crippen LogP contribution is -2.32. The number of allylic oxidation sites excluding steroid dienone is 2. The molecule has 0 aromatic carbocycles. The molecular weight excluding hydrogens is 178 g/mol. The minimum absolute atomic E-state index is 0.576. The first-order valence-corrected chi connectivity index (χ1v) is 4.55. The SMILES string of the molecule is O=C(O)C1(c2ccncc2)CC=CC1. The number of carboxylic acids is 1. The number of carboxylic acid groups (broad SMARTS) is 1. The van der Waals surface area contributed by atoms with Crippen LogP contribution in [0.25, 0.3) is 0 Å². The van der Waals surface area contributed by atoms with E-state index in [1.54, 1.807) is 24.5 Å². The summed E-state index contributed by atoms with van der Waals surface area (Å²) in [6.45, 7) is 0. The predicted octanol–water partition coefficient (Wildman–Crippen LogP) is 1.75. The number of carbonyl (C=O) groups is 1. The molecule has 0 amide bonds. The maximum Gasteiger partial charge on any atom is 0.314 e. The number of rotatable bonds is 2. The summed E-state index contributed by atoms with van der Waals surface area (Å²) in [7, 11) is 0. The predicted molar refractivity (Wildman–Crippen MR) is 51.9 cm³/mol. The third-order valence-corrected chi connectivity index (χ3v) is 2.74. The zero-order chi connectivity index (χ0) is 10.0. The van der Waals surface area contributed by atoms with Gasteiger partial charge in [0.1, 0.15) is 0 Å². The van der Waals surface area contributed by atoms with E-state index >= 15 is 0 Å². The number of nitrogens with zero attached hydrogens (tertiary/aromatic N) is 1. The van der Waals surface area contributed by atoms with Gasteiger partial charge in [-0.15, -0.1) is 0 Å². The fourth-order valence-corrected chi connectivity index (χ4v) is 1.86. The molecule has 72 valence electrons. The number of hydrogen-bond donors (Lipinski definition) is 1. The molecule has 0 saturated heterocycles. The van der Waals surface area contributed by atoms with Crippen molar-refractivity contribution in [1.29, 1.82) is 0 Å². The minimum Gasteiger partial charge on any atom is -0.481 e. The van der Waals surface area contributed by atoms with Crippen LogP contribution in [0.2, 0.25) is 0 Å². The van der Waals surface area contributed by atoms with Gasteiger partial charge in [-0.25, -0.2) is 0 Å². The molecule has 0 fully saturated rings. The van der Waals surface area contributed by atoms with Crippen LogP contribution in [0, 0.1) is 0 Å². The fraction of sp³-hybridized carbons (Fsp3) is 0.273.